The molecule has 0 spiro atoms. The van der Waals surface area contributed by atoms with Crippen molar-refractivity contribution in [2.24, 2.45) is 5.92 Å². The molecule has 0 aliphatic heterocycles. The standard InChI is InChI=1S/C14H23NO2/c1-4-16-13-7-5-6-8-14(13)17-10-9-15-11-12(2)3/h5-8,12,15H,4,9-11H2,1-3H3. The van der Waals surface area contributed by atoms with E-state index in [0.717, 1.165) is 24.6 Å². The first kappa shape index (κ1) is 13.8. The molecule has 1 aromatic carbocycles. The van der Waals surface area contributed by atoms with E-state index >= 15 is 0 Å². The van der Waals surface area contributed by atoms with Gasteiger partial charge in [0.2, 0.25) is 0 Å². The van der Waals surface area contributed by atoms with Gasteiger partial charge in [0.15, 0.2) is 11.5 Å². The number of rotatable bonds is 8. The summed E-state index contributed by atoms with van der Waals surface area (Å²) in [5.74, 6) is 2.31. The van der Waals surface area contributed by atoms with E-state index in [0.29, 0.717) is 19.1 Å². The van der Waals surface area contributed by atoms with Crippen LogP contribution in [0.4, 0.5) is 0 Å². The van der Waals surface area contributed by atoms with Crippen LogP contribution in [0, 0.1) is 5.92 Å². The third kappa shape index (κ3) is 5.59. The summed E-state index contributed by atoms with van der Waals surface area (Å²) in [4.78, 5) is 0. The van der Waals surface area contributed by atoms with Crippen molar-refractivity contribution >= 4 is 0 Å². The summed E-state index contributed by atoms with van der Waals surface area (Å²) in [6.07, 6.45) is 0. The summed E-state index contributed by atoms with van der Waals surface area (Å²) in [5.41, 5.74) is 0. The molecule has 0 saturated heterocycles. The molecule has 0 saturated carbocycles. The van der Waals surface area contributed by atoms with Gasteiger partial charge in [0.1, 0.15) is 6.61 Å². The Balaban J connectivity index is 2.30. The van der Waals surface area contributed by atoms with Crippen molar-refractivity contribution < 1.29 is 9.47 Å². The van der Waals surface area contributed by atoms with Crippen LogP contribution in [0.3, 0.4) is 0 Å². The summed E-state index contributed by atoms with van der Waals surface area (Å²) < 4.78 is 11.2. The number of para-hydroxylation sites is 2. The first-order valence-corrected chi connectivity index (χ1v) is 6.29. The van der Waals surface area contributed by atoms with Gasteiger partial charge in [-0.1, -0.05) is 26.0 Å². The zero-order valence-electron chi connectivity index (χ0n) is 11.0. The van der Waals surface area contributed by atoms with Crippen LogP contribution < -0.4 is 14.8 Å². The number of hydrogen-bond acceptors (Lipinski definition) is 3. The summed E-state index contributed by atoms with van der Waals surface area (Å²) in [6, 6.07) is 7.78. The fourth-order valence-electron chi connectivity index (χ4n) is 1.47. The molecule has 0 aliphatic carbocycles. The highest BCUT2D eigenvalue weighted by atomic mass is 16.5. The van der Waals surface area contributed by atoms with Gasteiger partial charge in [0.25, 0.3) is 0 Å². The molecule has 3 nitrogen and oxygen atoms in total. The topological polar surface area (TPSA) is 30.5 Å². The number of ether oxygens (including phenoxy) is 2. The fourth-order valence-corrected chi connectivity index (χ4v) is 1.47. The molecule has 0 radical (unpaired) electrons. The average Bonchev–Trinajstić information content (AvgIpc) is 2.31. The molecule has 0 heterocycles. The lowest BCUT2D eigenvalue weighted by molar-refractivity contribution is 0.274. The van der Waals surface area contributed by atoms with Gasteiger partial charge in [-0.05, 0) is 31.5 Å². The van der Waals surface area contributed by atoms with Crippen molar-refractivity contribution in [3.05, 3.63) is 24.3 Å². The molecule has 0 aliphatic rings. The van der Waals surface area contributed by atoms with Gasteiger partial charge in [0.05, 0.1) is 6.61 Å². The molecular weight excluding hydrogens is 214 g/mol. The smallest absolute Gasteiger partial charge is 0.161 e. The summed E-state index contributed by atoms with van der Waals surface area (Å²) in [5, 5.41) is 3.34. The molecular formula is C14H23NO2. The highest BCUT2D eigenvalue weighted by Crippen LogP contribution is 2.25. The normalized spacial score (nSPS) is 10.6. The molecule has 0 aromatic heterocycles. The van der Waals surface area contributed by atoms with Crippen LogP contribution in [-0.2, 0) is 0 Å². The van der Waals surface area contributed by atoms with Crippen molar-refractivity contribution in [3.8, 4) is 11.5 Å². The lowest BCUT2D eigenvalue weighted by Gasteiger charge is -2.12. The van der Waals surface area contributed by atoms with Crippen molar-refractivity contribution in [1.82, 2.24) is 5.32 Å². The number of benzene rings is 1. The maximum Gasteiger partial charge on any atom is 0.161 e. The van der Waals surface area contributed by atoms with Crippen molar-refractivity contribution in [1.29, 1.82) is 0 Å². The highest BCUT2D eigenvalue weighted by Gasteiger charge is 2.02. The van der Waals surface area contributed by atoms with E-state index in [4.69, 9.17) is 9.47 Å². The summed E-state index contributed by atoms with van der Waals surface area (Å²) in [6.45, 7) is 9.56. The van der Waals surface area contributed by atoms with Gasteiger partial charge < -0.3 is 14.8 Å². The van der Waals surface area contributed by atoms with Crippen LogP contribution >= 0.6 is 0 Å². The predicted molar refractivity (Wildman–Crippen MR) is 70.8 cm³/mol. The molecule has 0 unspecified atom stereocenters. The average molecular weight is 237 g/mol. The van der Waals surface area contributed by atoms with Gasteiger partial charge in [0, 0.05) is 6.54 Å². The van der Waals surface area contributed by atoms with Crippen LogP contribution in [0.1, 0.15) is 20.8 Å². The fraction of sp³-hybridized carbons (Fsp3) is 0.571. The Hall–Kier alpha value is -1.22. The molecule has 0 bridgehead atoms. The summed E-state index contributed by atoms with van der Waals surface area (Å²) >= 11 is 0. The van der Waals surface area contributed by atoms with E-state index in [1.54, 1.807) is 0 Å². The molecule has 96 valence electrons. The Morgan fingerprint density at radius 3 is 2.35 bits per heavy atom. The zero-order chi connectivity index (χ0) is 12.5. The second-order valence-electron chi connectivity index (χ2n) is 4.33. The monoisotopic (exact) mass is 237 g/mol. The Morgan fingerprint density at radius 1 is 1.12 bits per heavy atom. The Morgan fingerprint density at radius 2 is 1.76 bits per heavy atom. The summed E-state index contributed by atoms with van der Waals surface area (Å²) in [7, 11) is 0. The third-order valence-electron chi connectivity index (χ3n) is 2.24. The molecule has 0 atom stereocenters. The highest BCUT2D eigenvalue weighted by molar-refractivity contribution is 5.39. The van der Waals surface area contributed by atoms with Gasteiger partial charge in [-0.15, -0.1) is 0 Å². The number of nitrogens with one attached hydrogen (secondary N) is 1. The van der Waals surface area contributed by atoms with Crippen LogP contribution in [0.15, 0.2) is 24.3 Å². The van der Waals surface area contributed by atoms with Crippen molar-refractivity contribution in [3.63, 3.8) is 0 Å². The third-order valence-corrected chi connectivity index (χ3v) is 2.24. The lowest BCUT2D eigenvalue weighted by Crippen LogP contribution is -2.25. The predicted octanol–water partition coefficient (Wildman–Crippen LogP) is 2.71. The van der Waals surface area contributed by atoms with Crippen molar-refractivity contribution in [2.75, 3.05) is 26.3 Å². The maximum atomic E-state index is 5.68. The molecule has 0 fully saturated rings. The van der Waals surface area contributed by atoms with Crippen LogP contribution in [-0.4, -0.2) is 26.3 Å². The van der Waals surface area contributed by atoms with E-state index in [1.165, 1.54) is 0 Å². The minimum absolute atomic E-state index is 0.659. The van der Waals surface area contributed by atoms with E-state index in [9.17, 15) is 0 Å². The quantitative estimate of drug-likeness (QED) is 0.705. The maximum absolute atomic E-state index is 5.68. The minimum atomic E-state index is 0.659. The van der Waals surface area contributed by atoms with E-state index < -0.39 is 0 Å². The first-order chi connectivity index (χ1) is 8.24. The van der Waals surface area contributed by atoms with Gasteiger partial charge in [-0.25, -0.2) is 0 Å². The SMILES string of the molecule is CCOc1ccccc1OCCNCC(C)C. The number of hydrogen-bond donors (Lipinski definition) is 1. The van der Waals surface area contributed by atoms with Gasteiger partial charge >= 0.3 is 0 Å². The van der Waals surface area contributed by atoms with Crippen molar-refractivity contribution in [2.45, 2.75) is 20.8 Å². The minimum Gasteiger partial charge on any atom is -0.490 e. The van der Waals surface area contributed by atoms with Gasteiger partial charge in [-0.3, -0.25) is 0 Å². The molecule has 1 rings (SSSR count). The van der Waals surface area contributed by atoms with E-state index in [2.05, 4.69) is 19.2 Å². The Labute approximate surface area is 104 Å². The lowest BCUT2D eigenvalue weighted by atomic mass is 10.2. The second kappa shape index (κ2) is 7.96. The Kier molecular flexibility index (Phi) is 6.48. The van der Waals surface area contributed by atoms with Crippen LogP contribution in [0.2, 0.25) is 0 Å². The molecule has 3 heteroatoms. The first-order valence-electron chi connectivity index (χ1n) is 6.29. The van der Waals surface area contributed by atoms with Crippen LogP contribution in [0.25, 0.3) is 0 Å². The van der Waals surface area contributed by atoms with E-state index in [1.807, 2.05) is 31.2 Å². The molecule has 1 aromatic rings. The molecule has 17 heavy (non-hydrogen) atoms. The largest absolute Gasteiger partial charge is 0.490 e. The Bertz CT molecular complexity index is 313. The van der Waals surface area contributed by atoms with E-state index in [-0.39, 0.29) is 0 Å². The second-order valence-corrected chi connectivity index (χ2v) is 4.33. The molecule has 1 N–H and O–H groups in total. The zero-order valence-corrected chi connectivity index (χ0v) is 11.0. The van der Waals surface area contributed by atoms with Gasteiger partial charge in [-0.2, -0.15) is 0 Å². The molecule has 0 amide bonds. The van der Waals surface area contributed by atoms with Crippen LogP contribution in [0.5, 0.6) is 11.5 Å².